The molecule has 0 aromatic carbocycles. The minimum absolute atomic E-state index is 0.0261. The van der Waals surface area contributed by atoms with E-state index in [1.807, 2.05) is 24.1 Å². The average molecular weight is 273 g/mol. The molecule has 20 heavy (non-hydrogen) atoms. The van der Waals surface area contributed by atoms with Crippen LogP contribution in [0.3, 0.4) is 0 Å². The highest BCUT2D eigenvalue weighted by Gasteiger charge is 2.13. The fourth-order valence-electron chi connectivity index (χ4n) is 2.15. The van der Waals surface area contributed by atoms with Crippen molar-refractivity contribution in [1.29, 1.82) is 0 Å². The van der Waals surface area contributed by atoms with E-state index in [1.165, 1.54) is 6.33 Å². The molecule has 3 aromatic rings. The van der Waals surface area contributed by atoms with Crippen molar-refractivity contribution in [3.05, 3.63) is 36.7 Å². The zero-order valence-electron chi connectivity index (χ0n) is 11.1. The van der Waals surface area contributed by atoms with Crippen LogP contribution in [0, 0.1) is 0 Å². The second-order valence-electron chi connectivity index (χ2n) is 4.46. The summed E-state index contributed by atoms with van der Waals surface area (Å²) >= 11 is 0. The molecule has 0 saturated heterocycles. The van der Waals surface area contributed by atoms with E-state index in [9.17, 15) is 0 Å². The summed E-state index contributed by atoms with van der Waals surface area (Å²) in [7, 11) is 1.94. The molecule has 0 atom stereocenters. The standard InChI is InChI=1S/C13H15N5O2/c1-17(8-10-3-2-6-20-10)12-11-7-16-18(4-5-19)13(11)15-9-14-12/h2-3,6-7,9,19H,4-5,8H2,1H3. The number of hydrogen-bond acceptors (Lipinski definition) is 6. The van der Waals surface area contributed by atoms with E-state index in [4.69, 9.17) is 9.52 Å². The normalized spacial score (nSPS) is 11.1. The number of anilines is 1. The fraction of sp³-hybridized carbons (Fsp3) is 0.308. The van der Waals surface area contributed by atoms with Crippen molar-refractivity contribution in [2.75, 3.05) is 18.6 Å². The summed E-state index contributed by atoms with van der Waals surface area (Å²) in [5, 5.41) is 14.1. The first-order chi connectivity index (χ1) is 9.79. The molecule has 0 unspecified atom stereocenters. The van der Waals surface area contributed by atoms with Gasteiger partial charge >= 0.3 is 0 Å². The summed E-state index contributed by atoms with van der Waals surface area (Å²) in [5.41, 5.74) is 0.718. The number of nitrogens with zero attached hydrogens (tertiary/aromatic N) is 5. The van der Waals surface area contributed by atoms with Gasteiger partial charge in [0.15, 0.2) is 5.65 Å². The van der Waals surface area contributed by atoms with Gasteiger partial charge in [0, 0.05) is 7.05 Å². The molecule has 0 aliphatic heterocycles. The Labute approximate surface area is 115 Å². The maximum absolute atomic E-state index is 9.02. The second-order valence-corrected chi connectivity index (χ2v) is 4.46. The third-order valence-electron chi connectivity index (χ3n) is 3.06. The lowest BCUT2D eigenvalue weighted by molar-refractivity contribution is 0.271. The Morgan fingerprint density at radius 2 is 2.30 bits per heavy atom. The molecule has 0 aliphatic carbocycles. The van der Waals surface area contributed by atoms with Gasteiger partial charge in [0.1, 0.15) is 17.9 Å². The highest BCUT2D eigenvalue weighted by atomic mass is 16.3. The first-order valence-corrected chi connectivity index (χ1v) is 6.30. The predicted octanol–water partition coefficient (Wildman–Crippen LogP) is 1.05. The number of aliphatic hydroxyl groups excluding tert-OH is 1. The van der Waals surface area contributed by atoms with Crippen LogP contribution in [0.1, 0.15) is 5.76 Å². The van der Waals surface area contributed by atoms with Crippen molar-refractivity contribution in [3.8, 4) is 0 Å². The smallest absolute Gasteiger partial charge is 0.163 e. The van der Waals surface area contributed by atoms with Gasteiger partial charge in [-0.2, -0.15) is 5.10 Å². The molecule has 0 spiro atoms. The predicted molar refractivity (Wildman–Crippen MR) is 73.2 cm³/mol. The van der Waals surface area contributed by atoms with E-state index in [-0.39, 0.29) is 6.61 Å². The van der Waals surface area contributed by atoms with Crippen LogP contribution >= 0.6 is 0 Å². The van der Waals surface area contributed by atoms with Gasteiger partial charge in [-0.3, -0.25) is 0 Å². The van der Waals surface area contributed by atoms with E-state index in [1.54, 1.807) is 17.1 Å². The summed E-state index contributed by atoms with van der Waals surface area (Å²) in [5.74, 6) is 1.65. The molecule has 1 N–H and O–H groups in total. The van der Waals surface area contributed by atoms with Crippen LogP contribution < -0.4 is 4.90 Å². The zero-order chi connectivity index (χ0) is 13.9. The highest BCUT2D eigenvalue weighted by molar-refractivity contribution is 5.86. The van der Waals surface area contributed by atoms with E-state index in [0.29, 0.717) is 13.1 Å². The largest absolute Gasteiger partial charge is 0.467 e. The third-order valence-corrected chi connectivity index (χ3v) is 3.06. The minimum atomic E-state index is 0.0261. The summed E-state index contributed by atoms with van der Waals surface area (Å²) in [6, 6.07) is 3.78. The minimum Gasteiger partial charge on any atom is -0.467 e. The van der Waals surface area contributed by atoms with Crippen molar-refractivity contribution in [2.24, 2.45) is 0 Å². The Hall–Kier alpha value is -2.41. The number of furan rings is 1. The maximum Gasteiger partial charge on any atom is 0.163 e. The van der Waals surface area contributed by atoms with Gasteiger partial charge in [0.2, 0.25) is 0 Å². The Morgan fingerprint density at radius 1 is 1.40 bits per heavy atom. The number of rotatable bonds is 5. The average Bonchev–Trinajstić information content (AvgIpc) is 3.09. The van der Waals surface area contributed by atoms with Gasteiger partial charge in [-0.15, -0.1) is 0 Å². The molecule has 3 rings (SSSR count). The van der Waals surface area contributed by atoms with Gasteiger partial charge in [-0.1, -0.05) is 0 Å². The fourth-order valence-corrected chi connectivity index (χ4v) is 2.15. The lowest BCUT2D eigenvalue weighted by Gasteiger charge is -2.17. The Morgan fingerprint density at radius 3 is 3.05 bits per heavy atom. The molecule has 0 radical (unpaired) electrons. The van der Waals surface area contributed by atoms with Gasteiger partial charge in [0.05, 0.1) is 37.5 Å². The van der Waals surface area contributed by atoms with E-state index >= 15 is 0 Å². The summed E-state index contributed by atoms with van der Waals surface area (Å²) in [6.07, 6.45) is 4.88. The molecule has 0 fully saturated rings. The van der Waals surface area contributed by atoms with Crippen molar-refractivity contribution in [2.45, 2.75) is 13.1 Å². The summed E-state index contributed by atoms with van der Waals surface area (Å²) in [6.45, 7) is 1.06. The summed E-state index contributed by atoms with van der Waals surface area (Å²) < 4.78 is 7.01. The summed E-state index contributed by atoms with van der Waals surface area (Å²) in [4.78, 5) is 10.5. The maximum atomic E-state index is 9.02. The third kappa shape index (κ3) is 2.23. The molecule has 7 heteroatoms. The van der Waals surface area contributed by atoms with E-state index < -0.39 is 0 Å². The lowest BCUT2D eigenvalue weighted by atomic mass is 10.3. The van der Waals surface area contributed by atoms with E-state index in [0.717, 1.165) is 22.6 Å². The van der Waals surface area contributed by atoms with Crippen LogP contribution in [0.15, 0.2) is 35.3 Å². The van der Waals surface area contributed by atoms with Gasteiger partial charge in [-0.05, 0) is 12.1 Å². The van der Waals surface area contributed by atoms with E-state index in [2.05, 4.69) is 15.1 Å². The zero-order valence-corrected chi connectivity index (χ0v) is 11.1. The van der Waals surface area contributed by atoms with Crippen molar-refractivity contribution < 1.29 is 9.52 Å². The van der Waals surface area contributed by atoms with Crippen LogP contribution in [0.2, 0.25) is 0 Å². The van der Waals surface area contributed by atoms with Crippen molar-refractivity contribution in [3.63, 3.8) is 0 Å². The Kier molecular flexibility index (Phi) is 3.34. The molecule has 0 amide bonds. The van der Waals surface area contributed by atoms with Crippen LogP contribution in [-0.2, 0) is 13.1 Å². The number of hydrogen-bond donors (Lipinski definition) is 1. The highest BCUT2D eigenvalue weighted by Crippen LogP contribution is 2.22. The Balaban J connectivity index is 1.94. The molecular formula is C13H15N5O2. The monoisotopic (exact) mass is 273 g/mol. The molecule has 0 bridgehead atoms. The molecule has 104 valence electrons. The first kappa shape index (κ1) is 12.6. The number of aliphatic hydroxyl groups is 1. The second kappa shape index (κ2) is 5.30. The van der Waals surface area contributed by atoms with Crippen molar-refractivity contribution >= 4 is 16.9 Å². The molecular weight excluding hydrogens is 258 g/mol. The number of fused-ring (bicyclic) bond motifs is 1. The lowest BCUT2D eigenvalue weighted by Crippen LogP contribution is -2.17. The van der Waals surface area contributed by atoms with Gasteiger partial charge in [0.25, 0.3) is 0 Å². The van der Waals surface area contributed by atoms with Crippen molar-refractivity contribution in [1.82, 2.24) is 19.7 Å². The van der Waals surface area contributed by atoms with Crippen LogP contribution in [-0.4, -0.2) is 38.5 Å². The first-order valence-electron chi connectivity index (χ1n) is 6.30. The van der Waals surface area contributed by atoms with Crippen LogP contribution in [0.4, 0.5) is 5.82 Å². The SMILES string of the molecule is CN(Cc1ccco1)c1ncnc2c1cnn2CCO. The van der Waals surface area contributed by atoms with Gasteiger partial charge < -0.3 is 14.4 Å². The topological polar surface area (TPSA) is 80.2 Å². The quantitative estimate of drug-likeness (QED) is 0.748. The molecule has 0 aliphatic rings. The van der Waals surface area contributed by atoms with Gasteiger partial charge in [-0.25, -0.2) is 14.6 Å². The number of aromatic nitrogens is 4. The molecule has 0 saturated carbocycles. The van der Waals surface area contributed by atoms with Crippen LogP contribution in [0.5, 0.6) is 0 Å². The molecule has 7 nitrogen and oxygen atoms in total. The van der Waals surface area contributed by atoms with Crippen LogP contribution in [0.25, 0.3) is 11.0 Å². The molecule has 3 aromatic heterocycles. The molecule has 3 heterocycles. The Bertz CT molecular complexity index is 692.